The van der Waals surface area contributed by atoms with E-state index in [9.17, 15) is 14.3 Å². The summed E-state index contributed by atoms with van der Waals surface area (Å²) in [6, 6.07) is 12.3. The van der Waals surface area contributed by atoms with Crippen LogP contribution in [0.1, 0.15) is 22.0 Å². The Balaban J connectivity index is 2.15. The number of rotatable bonds is 4. The van der Waals surface area contributed by atoms with Crippen molar-refractivity contribution < 1.29 is 14.3 Å². The molecule has 0 fully saturated rings. The van der Waals surface area contributed by atoms with E-state index in [4.69, 9.17) is 11.6 Å². The Bertz CT molecular complexity index is 604. The highest BCUT2D eigenvalue weighted by molar-refractivity contribution is 6.31. The molecule has 0 saturated carbocycles. The molecule has 3 nitrogen and oxygen atoms in total. The number of aliphatic hydroxyl groups is 1. The summed E-state index contributed by atoms with van der Waals surface area (Å²) in [7, 11) is 0. The maximum absolute atomic E-state index is 13.1. The molecular weight excluding hydrogens is 281 g/mol. The molecule has 1 amide bonds. The van der Waals surface area contributed by atoms with Crippen LogP contribution in [0.25, 0.3) is 0 Å². The van der Waals surface area contributed by atoms with Crippen molar-refractivity contribution in [3.63, 3.8) is 0 Å². The molecule has 0 unspecified atom stereocenters. The zero-order valence-electron chi connectivity index (χ0n) is 10.5. The summed E-state index contributed by atoms with van der Waals surface area (Å²) in [5.41, 5.74) is 1.03. The van der Waals surface area contributed by atoms with E-state index in [1.807, 2.05) is 18.2 Å². The minimum atomic E-state index is -0.579. The van der Waals surface area contributed by atoms with Crippen LogP contribution in [0.5, 0.6) is 0 Å². The number of hydrogen-bond acceptors (Lipinski definition) is 2. The lowest BCUT2D eigenvalue weighted by atomic mass is 10.1. The van der Waals surface area contributed by atoms with Crippen LogP contribution in [0, 0.1) is 5.82 Å². The molecular formula is C15H13ClFNO2. The number of benzene rings is 2. The first kappa shape index (κ1) is 14.5. The van der Waals surface area contributed by atoms with Crippen LogP contribution in [-0.4, -0.2) is 17.6 Å². The number of nitrogens with one attached hydrogen (secondary N) is 1. The first-order valence-corrected chi connectivity index (χ1v) is 6.41. The quantitative estimate of drug-likeness (QED) is 0.910. The number of carbonyl (C=O) groups is 1. The van der Waals surface area contributed by atoms with E-state index in [1.54, 1.807) is 12.1 Å². The number of halogens is 2. The zero-order chi connectivity index (χ0) is 14.5. The van der Waals surface area contributed by atoms with Crippen molar-refractivity contribution >= 4 is 17.5 Å². The van der Waals surface area contributed by atoms with E-state index in [2.05, 4.69) is 5.32 Å². The van der Waals surface area contributed by atoms with Crippen molar-refractivity contribution in [3.8, 4) is 0 Å². The van der Waals surface area contributed by atoms with Gasteiger partial charge in [-0.2, -0.15) is 0 Å². The van der Waals surface area contributed by atoms with Crippen molar-refractivity contribution in [2.24, 2.45) is 0 Å². The van der Waals surface area contributed by atoms with Gasteiger partial charge in [0.1, 0.15) is 5.82 Å². The summed E-state index contributed by atoms with van der Waals surface area (Å²) in [4.78, 5) is 12.0. The van der Waals surface area contributed by atoms with Gasteiger partial charge >= 0.3 is 0 Å². The van der Waals surface area contributed by atoms with Gasteiger partial charge in [0, 0.05) is 5.56 Å². The van der Waals surface area contributed by atoms with Crippen LogP contribution in [-0.2, 0) is 0 Å². The summed E-state index contributed by atoms with van der Waals surface area (Å²) in [6.07, 6.45) is 0. The van der Waals surface area contributed by atoms with Gasteiger partial charge in [-0.3, -0.25) is 4.79 Å². The maximum atomic E-state index is 13.1. The zero-order valence-corrected chi connectivity index (χ0v) is 11.3. The number of hydrogen-bond donors (Lipinski definition) is 2. The molecule has 20 heavy (non-hydrogen) atoms. The first-order valence-electron chi connectivity index (χ1n) is 6.03. The van der Waals surface area contributed by atoms with Gasteiger partial charge in [-0.15, -0.1) is 0 Å². The largest absolute Gasteiger partial charge is 0.394 e. The molecule has 0 aromatic heterocycles. The second-order valence-corrected chi connectivity index (χ2v) is 4.66. The SMILES string of the molecule is O=C(N[C@@H](CO)c1ccccc1)c1ccc(F)c(Cl)c1. The van der Waals surface area contributed by atoms with Crippen LogP contribution in [0.3, 0.4) is 0 Å². The molecule has 0 radical (unpaired) electrons. The molecule has 104 valence electrons. The minimum absolute atomic E-state index is 0.113. The minimum Gasteiger partial charge on any atom is -0.394 e. The third-order valence-electron chi connectivity index (χ3n) is 2.87. The van der Waals surface area contributed by atoms with Crippen molar-refractivity contribution in [2.45, 2.75) is 6.04 Å². The summed E-state index contributed by atoms with van der Waals surface area (Å²) in [5.74, 6) is -1.00. The Morgan fingerprint density at radius 1 is 1.25 bits per heavy atom. The van der Waals surface area contributed by atoms with Crippen LogP contribution >= 0.6 is 11.6 Å². The fraction of sp³-hybridized carbons (Fsp3) is 0.133. The topological polar surface area (TPSA) is 49.3 Å². The molecule has 0 aliphatic heterocycles. The van der Waals surface area contributed by atoms with E-state index in [0.717, 1.165) is 11.6 Å². The Morgan fingerprint density at radius 2 is 1.95 bits per heavy atom. The molecule has 0 bridgehead atoms. The second kappa shape index (κ2) is 6.50. The Kier molecular flexibility index (Phi) is 4.71. The highest BCUT2D eigenvalue weighted by Crippen LogP contribution is 2.17. The molecule has 0 aliphatic rings. The van der Waals surface area contributed by atoms with E-state index in [1.165, 1.54) is 12.1 Å². The predicted octanol–water partition coefficient (Wildman–Crippen LogP) is 2.94. The Labute approximate surface area is 121 Å². The van der Waals surface area contributed by atoms with Crippen molar-refractivity contribution in [1.82, 2.24) is 5.32 Å². The van der Waals surface area contributed by atoms with Gasteiger partial charge < -0.3 is 10.4 Å². The van der Waals surface area contributed by atoms with E-state index in [-0.39, 0.29) is 17.2 Å². The molecule has 0 heterocycles. The molecule has 2 N–H and O–H groups in total. The Hall–Kier alpha value is -1.91. The van der Waals surface area contributed by atoms with Crippen molar-refractivity contribution in [3.05, 3.63) is 70.5 Å². The average Bonchev–Trinajstić information content (AvgIpc) is 2.48. The number of amides is 1. The van der Waals surface area contributed by atoms with E-state index < -0.39 is 17.8 Å². The van der Waals surface area contributed by atoms with Gasteiger partial charge in [0.2, 0.25) is 0 Å². The van der Waals surface area contributed by atoms with E-state index >= 15 is 0 Å². The fourth-order valence-electron chi connectivity index (χ4n) is 1.80. The molecule has 2 aromatic rings. The lowest BCUT2D eigenvalue weighted by molar-refractivity contribution is 0.0916. The standard InChI is InChI=1S/C15H13ClFNO2/c16-12-8-11(6-7-13(12)17)15(20)18-14(9-19)10-4-2-1-3-5-10/h1-8,14,19H,9H2,(H,18,20)/t14-/m0/s1. The van der Waals surface area contributed by atoms with Crippen molar-refractivity contribution in [1.29, 1.82) is 0 Å². The molecule has 0 spiro atoms. The van der Waals surface area contributed by atoms with Gasteiger partial charge in [-0.1, -0.05) is 41.9 Å². The number of carbonyl (C=O) groups excluding carboxylic acids is 1. The lowest BCUT2D eigenvalue weighted by Gasteiger charge is -2.16. The summed E-state index contributed by atoms with van der Waals surface area (Å²) in [5, 5.41) is 11.9. The fourth-order valence-corrected chi connectivity index (χ4v) is 1.98. The molecule has 0 saturated heterocycles. The third-order valence-corrected chi connectivity index (χ3v) is 3.16. The normalized spacial score (nSPS) is 11.9. The smallest absolute Gasteiger partial charge is 0.251 e. The molecule has 0 aliphatic carbocycles. The van der Waals surface area contributed by atoms with Gasteiger partial charge in [0.15, 0.2) is 0 Å². The van der Waals surface area contributed by atoms with Gasteiger partial charge in [0.25, 0.3) is 5.91 Å². The predicted molar refractivity (Wildman–Crippen MR) is 75.1 cm³/mol. The highest BCUT2D eigenvalue weighted by atomic mass is 35.5. The first-order chi connectivity index (χ1) is 9.61. The number of aliphatic hydroxyl groups excluding tert-OH is 1. The maximum Gasteiger partial charge on any atom is 0.251 e. The van der Waals surface area contributed by atoms with Gasteiger partial charge in [0.05, 0.1) is 17.7 Å². The third kappa shape index (κ3) is 3.35. The van der Waals surface area contributed by atoms with E-state index in [0.29, 0.717) is 0 Å². The van der Waals surface area contributed by atoms with Crippen LogP contribution in [0.2, 0.25) is 5.02 Å². The van der Waals surface area contributed by atoms with Gasteiger partial charge in [-0.25, -0.2) is 4.39 Å². The Morgan fingerprint density at radius 3 is 2.55 bits per heavy atom. The molecule has 5 heteroatoms. The van der Waals surface area contributed by atoms with Crippen LogP contribution in [0.15, 0.2) is 48.5 Å². The molecule has 2 aromatic carbocycles. The molecule has 1 atom stereocenters. The second-order valence-electron chi connectivity index (χ2n) is 4.25. The van der Waals surface area contributed by atoms with Crippen molar-refractivity contribution in [2.75, 3.05) is 6.61 Å². The average molecular weight is 294 g/mol. The van der Waals surface area contributed by atoms with Crippen LogP contribution < -0.4 is 5.32 Å². The highest BCUT2D eigenvalue weighted by Gasteiger charge is 2.15. The summed E-state index contributed by atoms with van der Waals surface area (Å²) >= 11 is 5.64. The van der Waals surface area contributed by atoms with Gasteiger partial charge in [-0.05, 0) is 23.8 Å². The molecule has 2 rings (SSSR count). The lowest BCUT2D eigenvalue weighted by Crippen LogP contribution is -2.30. The summed E-state index contributed by atoms with van der Waals surface area (Å²) < 4.78 is 13.1. The summed E-state index contributed by atoms with van der Waals surface area (Å²) in [6.45, 7) is -0.231. The monoisotopic (exact) mass is 293 g/mol. The van der Waals surface area contributed by atoms with Crippen LogP contribution in [0.4, 0.5) is 4.39 Å².